The van der Waals surface area contributed by atoms with E-state index in [1.54, 1.807) is 0 Å². The highest BCUT2D eigenvalue weighted by Crippen LogP contribution is 2.20. The largest absolute Gasteiger partial charge is 0.480 e. The molecule has 0 fully saturated rings. The van der Waals surface area contributed by atoms with Crippen LogP contribution in [0.4, 0.5) is 0 Å². The Morgan fingerprint density at radius 3 is 2.50 bits per heavy atom. The fraction of sp³-hybridized carbons (Fsp3) is 0.462. The highest BCUT2D eigenvalue weighted by molar-refractivity contribution is 5.69. The lowest BCUT2D eigenvalue weighted by atomic mass is 10.0. The summed E-state index contributed by atoms with van der Waals surface area (Å²) < 4.78 is 0. The van der Waals surface area contributed by atoms with Gasteiger partial charge in [0.25, 0.3) is 0 Å². The van der Waals surface area contributed by atoms with E-state index in [-0.39, 0.29) is 12.6 Å². The van der Waals surface area contributed by atoms with Crippen LogP contribution < -0.4 is 0 Å². The average molecular weight is 221 g/mol. The average Bonchev–Trinajstić information content (AvgIpc) is 2.20. The molecule has 1 N–H and O–H groups in total. The Kier molecular flexibility index (Phi) is 4.07. The van der Waals surface area contributed by atoms with Gasteiger partial charge in [-0.05, 0) is 44.5 Å². The molecule has 1 unspecified atom stereocenters. The van der Waals surface area contributed by atoms with E-state index in [0.29, 0.717) is 0 Å². The summed E-state index contributed by atoms with van der Waals surface area (Å²) in [5.41, 5.74) is 3.66. The molecule has 0 spiro atoms. The van der Waals surface area contributed by atoms with Crippen molar-refractivity contribution in [3.05, 3.63) is 34.9 Å². The quantitative estimate of drug-likeness (QED) is 0.848. The summed E-state index contributed by atoms with van der Waals surface area (Å²) in [4.78, 5) is 12.5. The summed E-state index contributed by atoms with van der Waals surface area (Å²) in [5.74, 6) is -0.793. The molecule has 3 heteroatoms. The van der Waals surface area contributed by atoms with Gasteiger partial charge in [0.05, 0.1) is 6.54 Å². The van der Waals surface area contributed by atoms with Gasteiger partial charge in [0, 0.05) is 6.04 Å². The second-order valence-electron chi connectivity index (χ2n) is 4.33. The first-order chi connectivity index (χ1) is 7.41. The number of hydrogen-bond donors (Lipinski definition) is 1. The molecule has 0 aliphatic rings. The molecule has 0 saturated carbocycles. The number of rotatable bonds is 4. The number of aryl methyl sites for hydroxylation is 2. The van der Waals surface area contributed by atoms with E-state index in [4.69, 9.17) is 5.11 Å². The zero-order chi connectivity index (χ0) is 12.3. The summed E-state index contributed by atoms with van der Waals surface area (Å²) >= 11 is 0. The molecule has 0 heterocycles. The van der Waals surface area contributed by atoms with E-state index in [9.17, 15) is 4.79 Å². The van der Waals surface area contributed by atoms with Crippen LogP contribution in [0.2, 0.25) is 0 Å². The van der Waals surface area contributed by atoms with Crippen LogP contribution in [0.25, 0.3) is 0 Å². The van der Waals surface area contributed by atoms with Crippen molar-refractivity contribution in [1.82, 2.24) is 4.90 Å². The van der Waals surface area contributed by atoms with Gasteiger partial charge in [-0.2, -0.15) is 0 Å². The fourth-order valence-corrected chi connectivity index (χ4v) is 1.63. The van der Waals surface area contributed by atoms with Crippen LogP contribution in [0, 0.1) is 13.8 Å². The van der Waals surface area contributed by atoms with Gasteiger partial charge in [-0.25, -0.2) is 0 Å². The third kappa shape index (κ3) is 3.07. The third-order valence-electron chi connectivity index (χ3n) is 3.06. The van der Waals surface area contributed by atoms with E-state index in [1.807, 2.05) is 18.9 Å². The maximum absolute atomic E-state index is 10.6. The normalized spacial score (nSPS) is 12.8. The van der Waals surface area contributed by atoms with Crippen LogP contribution in [0.5, 0.6) is 0 Å². The molecule has 0 aliphatic carbocycles. The molecule has 1 aromatic rings. The van der Waals surface area contributed by atoms with Crippen LogP contribution in [-0.4, -0.2) is 29.6 Å². The Hall–Kier alpha value is -1.35. The molecule has 0 aliphatic heterocycles. The zero-order valence-electron chi connectivity index (χ0n) is 10.3. The van der Waals surface area contributed by atoms with Crippen molar-refractivity contribution in [3.63, 3.8) is 0 Å². The summed E-state index contributed by atoms with van der Waals surface area (Å²) in [6.07, 6.45) is 0. The van der Waals surface area contributed by atoms with Gasteiger partial charge in [-0.3, -0.25) is 9.69 Å². The minimum atomic E-state index is -0.793. The van der Waals surface area contributed by atoms with Crippen LogP contribution in [0.1, 0.15) is 29.7 Å². The van der Waals surface area contributed by atoms with Gasteiger partial charge in [0.2, 0.25) is 0 Å². The molecule has 1 aromatic carbocycles. The van der Waals surface area contributed by atoms with Crippen molar-refractivity contribution in [2.45, 2.75) is 26.8 Å². The van der Waals surface area contributed by atoms with Crippen LogP contribution in [0.3, 0.4) is 0 Å². The first-order valence-corrected chi connectivity index (χ1v) is 5.41. The van der Waals surface area contributed by atoms with E-state index in [2.05, 4.69) is 32.0 Å². The van der Waals surface area contributed by atoms with Crippen molar-refractivity contribution in [2.75, 3.05) is 13.6 Å². The molecular formula is C13H19NO2. The highest BCUT2D eigenvalue weighted by Gasteiger charge is 2.14. The SMILES string of the molecule is Cc1ccc(C(C)N(C)CC(=O)O)cc1C. The lowest BCUT2D eigenvalue weighted by molar-refractivity contribution is -0.138. The van der Waals surface area contributed by atoms with Gasteiger partial charge >= 0.3 is 5.97 Å². The van der Waals surface area contributed by atoms with Crippen LogP contribution in [-0.2, 0) is 4.79 Å². The molecule has 0 aromatic heterocycles. The van der Waals surface area contributed by atoms with Crippen molar-refractivity contribution in [2.24, 2.45) is 0 Å². The maximum Gasteiger partial charge on any atom is 0.317 e. The van der Waals surface area contributed by atoms with E-state index in [0.717, 1.165) is 5.56 Å². The maximum atomic E-state index is 10.6. The number of hydrogen-bond acceptors (Lipinski definition) is 2. The second-order valence-corrected chi connectivity index (χ2v) is 4.33. The summed E-state index contributed by atoms with van der Waals surface area (Å²) in [6.45, 7) is 6.23. The molecule has 0 bridgehead atoms. The molecular weight excluding hydrogens is 202 g/mol. The standard InChI is InChI=1S/C13H19NO2/c1-9-5-6-12(7-10(9)2)11(3)14(4)8-13(15)16/h5-7,11H,8H2,1-4H3,(H,15,16). The van der Waals surface area contributed by atoms with Crippen molar-refractivity contribution in [3.8, 4) is 0 Å². The van der Waals surface area contributed by atoms with Gasteiger partial charge in [-0.1, -0.05) is 18.2 Å². The van der Waals surface area contributed by atoms with Crippen molar-refractivity contribution < 1.29 is 9.90 Å². The minimum Gasteiger partial charge on any atom is -0.480 e. The van der Waals surface area contributed by atoms with Crippen molar-refractivity contribution >= 4 is 5.97 Å². The van der Waals surface area contributed by atoms with Gasteiger partial charge in [0.1, 0.15) is 0 Å². The topological polar surface area (TPSA) is 40.5 Å². The fourth-order valence-electron chi connectivity index (χ4n) is 1.63. The number of benzene rings is 1. The Labute approximate surface area is 96.7 Å². The molecule has 1 atom stereocenters. The zero-order valence-corrected chi connectivity index (χ0v) is 10.3. The van der Waals surface area contributed by atoms with Crippen LogP contribution >= 0.6 is 0 Å². The van der Waals surface area contributed by atoms with Gasteiger partial charge < -0.3 is 5.11 Å². The highest BCUT2D eigenvalue weighted by atomic mass is 16.4. The second kappa shape index (κ2) is 5.12. The number of nitrogens with zero attached hydrogens (tertiary/aromatic N) is 1. The molecule has 1 rings (SSSR count). The number of carbonyl (C=O) groups is 1. The summed E-state index contributed by atoms with van der Waals surface area (Å²) in [7, 11) is 1.83. The number of carboxylic acid groups (broad SMARTS) is 1. The number of likely N-dealkylation sites (N-methyl/N-ethyl adjacent to an activating group) is 1. The monoisotopic (exact) mass is 221 g/mol. The third-order valence-corrected chi connectivity index (χ3v) is 3.06. The van der Waals surface area contributed by atoms with Gasteiger partial charge in [-0.15, -0.1) is 0 Å². The molecule has 88 valence electrons. The van der Waals surface area contributed by atoms with E-state index < -0.39 is 5.97 Å². The predicted octanol–water partition coefficient (Wildman–Crippen LogP) is 2.38. The number of carboxylic acids is 1. The molecule has 0 amide bonds. The lowest BCUT2D eigenvalue weighted by Gasteiger charge is -2.23. The smallest absolute Gasteiger partial charge is 0.317 e. The van der Waals surface area contributed by atoms with E-state index in [1.165, 1.54) is 11.1 Å². The Bertz CT molecular complexity index is 388. The summed E-state index contributed by atoms with van der Waals surface area (Å²) in [5, 5.41) is 8.74. The first-order valence-electron chi connectivity index (χ1n) is 5.41. The Balaban J connectivity index is 2.83. The predicted molar refractivity (Wildman–Crippen MR) is 64.6 cm³/mol. The van der Waals surface area contributed by atoms with Crippen molar-refractivity contribution in [1.29, 1.82) is 0 Å². The molecule has 0 saturated heterocycles. The molecule has 3 nitrogen and oxygen atoms in total. The van der Waals surface area contributed by atoms with E-state index >= 15 is 0 Å². The number of aliphatic carboxylic acids is 1. The van der Waals surface area contributed by atoms with Gasteiger partial charge in [0.15, 0.2) is 0 Å². The van der Waals surface area contributed by atoms with Crippen LogP contribution in [0.15, 0.2) is 18.2 Å². The first kappa shape index (κ1) is 12.7. The molecule has 0 radical (unpaired) electrons. The lowest BCUT2D eigenvalue weighted by Crippen LogP contribution is -2.28. The Morgan fingerprint density at radius 1 is 1.38 bits per heavy atom. The minimum absolute atomic E-state index is 0.0636. The summed E-state index contributed by atoms with van der Waals surface area (Å²) in [6, 6.07) is 6.38. The molecule has 16 heavy (non-hydrogen) atoms. The Morgan fingerprint density at radius 2 is 2.00 bits per heavy atom.